The fourth-order valence-corrected chi connectivity index (χ4v) is 4.22. The van der Waals surface area contributed by atoms with Crippen LogP contribution in [0, 0.1) is 5.92 Å². The Bertz CT molecular complexity index is 647. The van der Waals surface area contributed by atoms with E-state index in [0.717, 1.165) is 45.9 Å². The molecule has 1 fully saturated rings. The maximum Gasteiger partial charge on any atom is 0.227 e. The van der Waals surface area contributed by atoms with Crippen LogP contribution < -0.4 is 11.1 Å². The van der Waals surface area contributed by atoms with Crippen LogP contribution in [0.1, 0.15) is 25.7 Å². The molecule has 0 spiro atoms. The molecule has 0 bridgehead atoms. The molecule has 2 aromatic rings. The Hall–Kier alpha value is -1.11. The van der Waals surface area contributed by atoms with Crippen molar-refractivity contribution in [1.82, 2.24) is 4.98 Å². The molecule has 6 heteroatoms. The van der Waals surface area contributed by atoms with Crippen LogP contribution in [0.4, 0.5) is 5.69 Å². The highest BCUT2D eigenvalue weighted by molar-refractivity contribution is 8.00. The third-order valence-corrected chi connectivity index (χ3v) is 5.96. The molecule has 1 amide bonds. The lowest BCUT2D eigenvalue weighted by Gasteiger charge is -2.25. The summed E-state index contributed by atoms with van der Waals surface area (Å²) in [5, 5.41) is 3.04. The van der Waals surface area contributed by atoms with Crippen molar-refractivity contribution >= 4 is 44.9 Å². The van der Waals surface area contributed by atoms with Gasteiger partial charge in [0, 0.05) is 17.6 Å². The summed E-state index contributed by atoms with van der Waals surface area (Å²) in [5.41, 5.74) is 7.74. The summed E-state index contributed by atoms with van der Waals surface area (Å²) in [7, 11) is 0. The van der Waals surface area contributed by atoms with Crippen molar-refractivity contribution in [2.24, 2.45) is 11.7 Å². The summed E-state index contributed by atoms with van der Waals surface area (Å²) in [6, 6.07) is 6.18. The molecule has 112 valence electrons. The maximum absolute atomic E-state index is 12.3. The van der Waals surface area contributed by atoms with E-state index >= 15 is 0 Å². The van der Waals surface area contributed by atoms with E-state index in [4.69, 9.17) is 5.73 Å². The molecule has 1 aromatic carbocycles. The monoisotopic (exact) mass is 321 g/mol. The largest absolute Gasteiger partial charge is 0.328 e. The molecular formula is C15H19N3OS2. The number of nitrogens with two attached hydrogens (primary N) is 1. The minimum Gasteiger partial charge on any atom is -0.328 e. The Labute approximate surface area is 132 Å². The second-order valence-corrected chi connectivity index (χ2v) is 7.55. The molecule has 3 N–H and O–H groups in total. The molecule has 0 saturated heterocycles. The van der Waals surface area contributed by atoms with E-state index in [1.54, 1.807) is 23.1 Å². The normalized spacial score (nSPS) is 22.4. The van der Waals surface area contributed by atoms with E-state index in [-0.39, 0.29) is 17.9 Å². The van der Waals surface area contributed by atoms with E-state index in [1.807, 2.05) is 24.5 Å². The Morgan fingerprint density at radius 2 is 2.14 bits per heavy atom. The van der Waals surface area contributed by atoms with Crippen LogP contribution in [0.3, 0.4) is 0 Å². The summed E-state index contributed by atoms with van der Waals surface area (Å²) in [6.45, 7) is 0. The van der Waals surface area contributed by atoms with Gasteiger partial charge in [-0.15, -0.1) is 11.3 Å². The summed E-state index contributed by atoms with van der Waals surface area (Å²) in [6.07, 6.45) is 5.71. The second-order valence-electron chi connectivity index (χ2n) is 5.47. The molecule has 4 nitrogen and oxygen atoms in total. The second kappa shape index (κ2) is 6.34. The first kappa shape index (κ1) is 14.8. The highest BCUT2D eigenvalue weighted by Gasteiger charge is 2.24. The van der Waals surface area contributed by atoms with Gasteiger partial charge < -0.3 is 11.1 Å². The van der Waals surface area contributed by atoms with Crippen LogP contribution in [0.2, 0.25) is 0 Å². The molecule has 0 aliphatic heterocycles. The number of thioether (sulfide) groups is 1. The number of amides is 1. The predicted octanol–water partition coefficient (Wildman–Crippen LogP) is 3.47. The lowest BCUT2D eigenvalue weighted by molar-refractivity contribution is -0.120. The number of fused-ring (bicyclic) bond motifs is 1. The Morgan fingerprint density at radius 3 is 2.86 bits per heavy atom. The molecule has 21 heavy (non-hydrogen) atoms. The molecule has 0 radical (unpaired) electrons. The maximum atomic E-state index is 12.3. The molecule has 1 aliphatic rings. The van der Waals surface area contributed by atoms with E-state index < -0.39 is 0 Å². The van der Waals surface area contributed by atoms with Gasteiger partial charge in [-0.2, -0.15) is 0 Å². The number of anilines is 1. The smallest absolute Gasteiger partial charge is 0.227 e. The molecular weight excluding hydrogens is 302 g/mol. The topological polar surface area (TPSA) is 68.0 Å². The summed E-state index contributed by atoms with van der Waals surface area (Å²) < 4.78 is 2.16. The summed E-state index contributed by atoms with van der Waals surface area (Å²) >= 11 is 3.30. The SMILES string of the molecule is CSc1nc2ccc(NC(=O)C3CCC(N)CC3)cc2s1. The van der Waals surface area contributed by atoms with Gasteiger partial charge in [0.1, 0.15) is 0 Å². The number of nitrogens with zero attached hydrogens (tertiary/aromatic N) is 1. The van der Waals surface area contributed by atoms with Gasteiger partial charge in [-0.3, -0.25) is 4.79 Å². The van der Waals surface area contributed by atoms with E-state index in [2.05, 4.69) is 10.3 Å². The lowest BCUT2D eigenvalue weighted by atomic mass is 9.86. The fourth-order valence-electron chi connectivity index (χ4n) is 2.69. The van der Waals surface area contributed by atoms with Crippen LogP contribution in [-0.2, 0) is 4.79 Å². The zero-order valence-corrected chi connectivity index (χ0v) is 13.6. The van der Waals surface area contributed by atoms with Crippen LogP contribution in [0.5, 0.6) is 0 Å². The third kappa shape index (κ3) is 3.39. The first-order valence-electron chi connectivity index (χ1n) is 7.16. The third-order valence-electron chi connectivity index (χ3n) is 3.95. The fraction of sp³-hybridized carbons (Fsp3) is 0.467. The van der Waals surface area contributed by atoms with Crippen molar-refractivity contribution in [3.63, 3.8) is 0 Å². The number of rotatable bonds is 3. The minimum absolute atomic E-state index is 0.101. The molecule has 1 aliphatic carbocycles. The molecule has 0 atom stereocenters. The van der Waals surface area contributed by atoms with Gasteiger partial charge in [-0.05, 0) is 50.1 Å². The number of thiazole rings is 1. The number of carbonyl (C=O) groups is 1. The summed E-state index contributed by atoms with van der Waals surface area (Å²) in [4.78, 5) is 16.8. The number of aromatic nitrogens is 1. The van der Waals surface area contributed by atoms with Gasteiger partial charge in [0.2, 0.25) is 5.91 Å². The minimum atomic E-state index is 0.101. The molecule has 1 aromatic heterocycles. The first-order chi connectivity index (χ1) is 10.2. The quantitative estimate of drug-likeness (QED) is 0.849. The van der Waals surface area contributed by atoms with Crippen molar-refractivity contribution in [1.29, 1.82) is 0 Å². The van der Waals surface area contributed by atoms with E-state index in [9.17, 15) is 4.79 Å². The number of benzene rings is 1. The van der Waals surface area contributed by atoms with Gasteiger partial charge in [-0.1, -0.05) is 11.8 Å². The molecule has 3 rings (SSSR count). The van der Waals surface area contributed by atoms with E-state index in [0.29, 0.717) is 0 Å². The van der Waals surface area contributed by atoms with Gasteiger partial charge in [0.15, 0.2) is 4.34 Å². The predicted molar refractivity (Wildman–Crippen MR) is 90.0 cm³/mol. The van der Waals surface area contributed by atoms with Gasteiger partial charge in [0.25, 0.3) is 0 Å². The summed E-state index contributed by atoms with van der Waals surface area (Å²) in [5.74, 6) is 0.222. The number of nitrogens with one attached hydrogen (secondary N) is 1. The Kier molecular flexibility index (Phi) is 4.47. The van der Waals surface area contributed by atoms with Crippen molar-refractivity contribution in [3.8, 4) is 0 Å². The molecule has 1 heterocycles. The highest BCUT2D eigenvalue weighted by Crippen LogP contribution is 2.30. The standard InChI is InChI=1S/C15H19N3OS2/c1-20-15-18-12-7-6-11(8-13(12)21-15)17-14(19)9-2-4-10(16)5-3-9/h6-10H,2-5,16H2,1H3,(H,17,19). The Morgan fingerprint density at radius 1 is 1.38 bits per heavy atom. The average molecular weight is 321 g/mol. The van der Waals surface area contributed by atoms with Crippen molar-refractivity contribution < 1.29 is 4.79 Å². The highest BCUT2D eigenvalue weighted by atomic mass is 32.2. The Balaban J connectivity index is 1.70. The molecule has 1 saturated carbocycles. The average Bonchev–Trinajstić information content (AvgIpc) is 2.90. The van der Waals surface area contributed by atoms with Gasteiger partial charge in [0.05, 0.1) is 10.2 Å². The van der Waals surface area contributed by atoms with Gasteiger partial charge in [-0.25, -0.2) is 4.98 Å². The van der Waals surface area contributed by atoms with Crippen LogP contribution in [0.25, 0.3) is 10.2 Å². The van der Waals surface area contributed by atoms with Gasteiger partial charge >= 0.3 is 0 Å². The number of hydrogen-bond donors (Lipinski definition) is 2. The van der Waals surface area contributed by atoms with Crippen LogP contribution in [-0.4, -0.2) is 23.2 Å². The number of carbonyl (C=O) groups excluding carboxylic acids is 1. The first-order valence-corrected chi connectivity index (χ1v) is 9.21. The van der Waals surface area contributed by atoms with E-state index in [1.165, 1.54) is 0 Å². The van der Waals surface area contributed by atoms with Crippen molar-refractivity contribution in [2.75, 3.05) is 11.6 Å². The van der Waals surface area contributed by atoms with Crippen LogP contribution in [0.15, 0.2) is 22.5 Å². The zero-order valence-electron chi connectivity index (χ0n) is 12.0. The molecule has 0 unspecified atom stereocenters. The number of hydrogen-bond acceptors (Lipinski definition) is 5. The van der Waals surface area contributed by atoms with Crippen LogP contribution >= 0.6 is 23.1 Å². The van der Waals surface area contributed by atoms with Crippen molar-refractivity contribution in [3.05, 3.63) is 18.2 Å². The lowest BCUT2D eigenvalue weighted by Crippen LogP contribution is -2.32. The van der Waals surface area contributed by atoms with Crippen molar-refractivity contribution in [2.45, 2.75) is 36.1 Å². The zero-order chi connectivity index (χ0) is 14.8.